The van der Waals surface area contributed by atoms with Crippen molar-refractivity contribution >= 4 is 0 Å². The van der Waals surface area contributed by atoms with Gasteiger partial charge in [0.1, 0.15) is 0 Å². The van der Waals surface area contributed by atoms with E-state index in [9.17, 15) is 0 Å². The molecule has 0 aliphatic rings. The summed E-state index contributed by atoms with van der Waals surface area (Å²) >= 11 is 0. The molecule has 0 bridgehead atoms. The molecule has 3 N–H and O–H groups in total. The molecule has 0 spiro atoms. The molecule has 0 saturated carbocycles. The molecule has 0 unspecified atom stereocenters. The van der Waals surface area contributed by atoms with Crippen molar-refractivity contribution in [1.29, 1.82) is 0 Å². The summed E-state index contributed by atoms with van der Waals surface area (Å²) in [6.45, 7) is 12.4. The zero-order chi connectivity index (χ0) is 9.11. The molecular weight excluding hydrogens is 138 g/mol. The molecule has 0 amide bonds. The molecule has 0 fully saturated rings. The van der Waals surface area contributed by atoms with Gasteiger partial charge >= 0.3 is 0 Å². The molecule has 0 aromatic heterocycles. The van der Waals surface area contributed by atoms with Crippen LogP contribution in [-0.2, 0) is 0 Å². The minimum atomic E-state index is 0.877. The Labute approximate surface area is 70.9 Å². The van der Waals surface area contributed by atoms with E-state index < -0.39 is 0 Å². The minimum absolute atomic E-state index is 0.877. The lowest BCUT2D eigenvalue weighted by atomic mass is 10.5. The van der Waals surface area contributed by atoms with Gasteiger partial charge < -0.3 is 4.90 Å². The van der Waals surface area contributed by atoms with E-state index in [0.717, 1.165) is 26.2 Å². The van der Waals surface area contributed by atoms with E-state index in [1.54, 1.807) is 0 Å². The third kappa shape index (κ3) is 9.88. The van der Waals surface area contributed by atoms with Gasteiger partial charge in [-0.2, -0.15) is 0 Å². The Morgan fingerprint density at radius 1 is 1.18 bits per heavy atom. The molecule has 3 nitrogen and oxygen atoms in total. The van der Waals surface area contributed by atoms with Crippen LogP contribution in [0.4, 0.5) is 0 Å². The number of rotatable bonds is 5. The van der Waals surface area contributed by atoms with Crippen LogP contribution in [0.1, 0.15) is 27.7 Å². The molecule has 11 heavy (non-hydrogen) atoms. The van der Waals surface area contributed by atoms with Crippen molar-refractivity contribution < 1.29 is 0 Å². The fourth-order valence-corrected chi connectivity index (χ4v) is 0.762. The van der Waals surface area contributed by atoms with Crippen molar-refractivity contribution in [3.63, 3.8) is 0 Å². The number of hydrazine groups is 1. The lowest BCUT2D eigenvalue weighted by Gasteiger charge is -2.16. The number of likely N-dealkylation sites (N-methyl/N-ethyl adjacent to an activating group) is 1. The van der Waals surface area contributed by atoms with Gasteiger partial charge in [-0.25, -0.2) is 0 Å². The summed E-state index contributed by atoms with van der Waals surface area (Å²) in [5.41, 5.74) is 2.63. The number of hydrogen-bond acceptors (Lipinski definition) is 3. The Morgan fingerprint density at radius 2 is 1.64 bits per heavy atom. The number of nitrogens with one attached hydrogen (secondary N) is 1. The van der Waals surface area contributed by atoms with E-state index in [1.807, 2.05) is 13.8 Å². The molecule has 0 heterocycles. The molecule has 0 aromatic rings. The van der Waals surface area contributed by atoms with Crippen molar-refractivity contribution in [3.8, 4) is 0 Å². The second kappa shape index (κ2) is 12.5. The van der Waals surface area contributed by atoms with E-state index in [0.29, 0.717) is 0 Å². The molecular formula is C8H23N3. The summed E-state index contributed by atoms with van der Waals surface area (Å²) in [6, 6.07) is 0. The Morgan fingerprint density at radius 3 is 1.91 bits per heavy atom. The fraction of sp³-hybridized carbons (Fsp3) is 1.00. The normalized spacial score (nSPS) is 9.27. The first-order valence-electron chi connectivity index (χ1n) is 4.51. The van der Waals surface area contributed by atoms with Gasteiger partial charge in [-0.05, 0) is 13.1 Å². The maximum Gasteiger partial charge on any atom is 0.0225 e. The van der Waals surface area contributed by atoms with Crippen LogP contribution >= 0.6 is 0 Å². The first-order chi connectivity index (χ1) is 5.35. The van der Waals surface area contributed by atoms with Crippen LogP contribution in [0.5, 0.6) is 0 Å². The lowest BCUT2D eigenvalue weighted by molar-refractivity contribution is 0.303. The lowest BCUT2D eigenvalue weighted by Crippen LogP contribution is -2.34. The monoisotopic (exact) mass is 161 g/mol. The van der Waals surface area contributed by atoms with Crippen molar-refractivity contribution in [2.24, 2.45) is 5.84 Å². The van der Waals surface area contributed by atoms with E-state index in [4.69, 9.17) is 5.84 Å². The molecule has 0 aliphatic heterocycles. The van der Waals surface area contributed by atoms with E-state index in [1.165, 1.54) is 0 Å². The van der Waals surface area contributed by atoms with E-state index in [-0.39, 0.29) is 0 Å². The maximum absolute atomic E-state index is 5.11. The highest BCUT2D eigenvalue weighted by Gasteiger charge is 1.94. The van der Waals surface area contributed by atoms with Gasteiger partial charge in [-0.15, -0.1) is 0 Å². The molecule has 0 aliphatic carbocycles. The van der Waals surface area contributed by atoms with E-state index in [2.05, 4.69) is 24.2 Å². The maximum atomic E-state index is 5.11. The van der Waals surface area contributed by atoms with Crippen LogP contribution in [0.15, 0.2) is 0 Å². The van der Waals surface area contributed by atoms with Crippen LogP contribution in [0.3, 0.4) is 0 Å². The molecule has 0 saturated heterocycles. The van der Waals surface area contributed by atoms with Gasteiger partial charge in [-0.1, -0.05) is 27.7 Å². The minimum Gasteiger partial charge on any atom is -0.303 e. The SMILES string of the molecule is CC.CCN(CC)CCNN. The quantitative estimate of drug-likeness (QED) is 0.463. The molecule has 70 valence electrons. The summed E-state index contributed by atoms with van der Waals surface area (Å²) in [5, 5.41) is 0. The Bertz CT molecular complexity index is 53.3. The van der Waals surface area contributed by atoms with Gasteiger partial charge in [0.15, 0.2) is 0 Å². The smallest absolute Gasteiger partial charge is 0.0225 e. The highest BCUT2D eigenvalue weighted by Crippen LogP contribution is 1.82. The average molecular weight is 161 g/mol. The second-order valence-electron chi connectivity index (χ2n) is 1.98. The number of hydrogen-bond donors (Lipinski definition) is 2. The zero-order valence-corrected chi connectivity index (χ0v) is 8.35. The van der Waals surface area contributed by atoms with Gasteiger partial charge in [0, 0.05) is 13.1 Å². The molecule has 0 aromatic carbocycles. The van der Waals surface area contributed by atoms with E-state index >= 15 is 0 Å². The molecule has 3 heteroatoms. The predicted octanol–water partition coefficient (Wildman–Crippen LogP) is 0.818. The summed E-state index contributed by atoms with van der Waals surface area (Å²) in [4.78, 5) is 2.32. The van der Waals surface area contributed by atoms with Crippen LogP contribution in [0, 0.1) is 0 Å². The number of nitrogens with two attached hydrogens (primary N) is 1. The van der Waals surface area contributed by atoms with Gasteiger partial charge in [0.05, 0.1) is 0 Å². The van der Waals surface area contributed by atoms with Gasteiger partial charge in [0.2, 0.25) is 0 Å². The fourth-order valence-electron chi connectivity index (χ4n) is 0.762. The van der Waals surface area contributed by atoms with Gasteiger partial charge in [-0.3, -0.25) is 11.3 Å². The zero-order valence-electron chi connectivity index (χ0n) is 8.35. The molecule has 0 atom stereocenters. The molecule has 0 rings (SSSR count). The Hall–Kier alpha value is -0.120. The Balaban J connectivity index is 0. The average Bonchev–Trinajstić information content (AvgIpc) is 2.10. The third-order valence-corrected chi connectivity index (χ3v) is 1.47. The van der Waals surface area contributed by atoms with Crippen LogP contribution in [0.2, 0.25) is 0 Å². The Kier molecular flexibility index (Phi) is 15.4. The van der Waals surface area contributed by atoms with Crippen LogP contribution in [-0.4, -0.2) is 31.1 Å². The standard InChI is InChI=1S/C6H17N3.C2H6/c1-3-9(4-2)6-5-8-7;1-2/h8H,3-7H2,1-2H3;1-2H3. The summed E-state index contributed by atoms with van der Waals surface area (Å²) in [7, 11) is 0. The topological polar surface area (TPSA) is 41.3 Å². The summed E-state index contributed by atoms with van der Waals surface area (Å²) in [6.07, 6.45) is 0. The number of nitrogens with zero attached hydrogens (tertiary/aromatic N) is 1. The predicted molar refractivity (Wildman–Crippen MR) is 51.3 cm³/mol. The van der Waals surface area contributed by atoms with Crippen molar-refractivity contribution in [2.45, 2.75) is 27.7 Å². The largest absolute Gasteiger partial charge is 0.303 e. The first kappa shape index (κ1) is 13.5. The van der Waals surface area contributed by atoms with Crippen molar-refractivity contribution in [2.75, 3.05) is 26.2 Å². The highest BCUT2D eigenvalue weighted by molar-refractivity contribution is 4.51. The molecule has 0 radical (unpaired) electrons. The third-order valence-electron chi connectivity index (χ3n) is 1.47. The van der Waals surface area contributed by atoms with Crippen LogP contribution < -0.4 is 11.3 Å². The summed E-state index contributed by atoms with van der Waals surface area (Å²) < 4.78 is 0. The van der Waals surface area contributed by atoms with Crippen molar-refractivity contribution in [1.82, 2.24) is 10.3 Å². The van der Waals surface area contributed by atoms with Crippen LogP contribution in [0.25, 0.3) is 0 Å². The summed E-state index contributed by atoms with van der Waals surface area (Å²) in [5.74, 6) is 5.11. The van der Waals surface area contributed by atoms with Crippen molar-refractivity contribution in [3.05, 3.63) is 0 Å². The highest BCUT2D eigenvalue weighted by atomic mass is 15.2. The first-order valence-corrected chi connectivity index (χ1v) is 4.51. The van der Waals surface area contributed by atoms with Gasteiger partial charge in [0.25, 0.3) is 0 Å². The second-order valence-corrected chi connectivity index (χ2v) is 1.98.